The molecule has 35 heavy (non-hydrogen) atoms. The van der Waals surface area contributed by atoms with Gasteiger partial charge in [-0.3, -0.25) is 14.4 Å². The predicted octanol–water partition coefficient (Wildman–Crippen LogP) is 3.08. The molecule has 4 rings (SSSR count). The summed E-state index contributed by atoms with van der Waals surface area (Å²) in [5.41, 5.74) is 3.28. The van der Waals surface area contributed by atoms with E-state index in [0.717, 1.165) is 42.1 Å². The summed E-state index contributed by atoms with van der Waals surface area (Å²) in [6.07, 6.45) is 4.41. The molecule has 2 aliphatic rings. The van der Waals surface area contributed by atoms with Gasteiger partial charge in [-0.05, 0) is 63.6 Å². The van der Waals surface area contributed by atoms with Crippen LogP contribution >= 0.6 is 0 Å². The molecule has 8 nitrogen and oxygen atoms in total. The van der Waals surface area contributed by atoms with Crippen LogP contribution in [-0.2, 0) is 20.7 Å². The highest BCUT2D eigenvalue weighted by molar-refractivity contribution is 6.01. The van der Waals surface area contributed by atoms with Crippen molar-refractivity contribution in [1.29, 1.82) is 0 Å². The van der Waals surface area contributed by atoms with Crippen LogP contribution in [0.5, 0.6) is 0 Å². The molecule has 0 radical (unpaired) electrons. The smallest absolute Gasteiger partial charge is 0.270 e. The maximum atomic E-state index is 13.6. The number of carbonyl (C=O) groups excluding carboxylic acids is 3. The number of carbonyl (C=O) groups is 3. The van der Waals surface area contributed by atoms with E-state index in [-0.39, 0.29) is 17.7 Å². The van der Waals surface area contributed by atoms with E-state index in [9.17, 15) is 14.4 Å². The van der Waals surface area contributed by atoms with Crippen molar-refractivity contribution in [2.75, 3.05) is 32.8 Å². The van der Waals surface area contributed by atoms with Gasteiger partial charge in [0.05, 0.1) is 12.0 Å². The second kappa shape index (κ2) is 10.8. The number of H-pyrrole nitrogens is 1. The molecule has 2 aromatic rings. The molecular weight excluding hydrogens is 444 g/mol. The average Bonchev–Trinajstić information content (AvgIpc) is 3.22. The van der Waals surface area contributed by atoms with Gasteiger partial charge in [-0.1, -0.05) is 25.0 Å². The monoisotopic (exact) mass is 482 g/mol. The lowest BCUT2D eigenvalue weighted by Crippen LogP contribution is -2.54. The first kappa shape index (κ1) is 25.2. The molecule has 2 saturated heterocycles. The van der Waals surface area contributed by atoms with Crippen molar-refractivity contribution in [3.8, 4) is 0 Å². The standard InChI is InChI=1S/C27H38N4O4/c1-4-20-21-17-18(2)7-8-22(21)30-23(20)25(33)31-13-10-27(11-14-31)9-5-6-15-35-16-12-28-24(32)19(3)29-26(27)34/h7-8,17,19,30H,4-6,9-16H2,1-3H3,(H,28,32)(H,29,34)/t19-/m0/s1. The highest BCUT2D eigenvalue weighted by atomic mass is 16.5. The van der Waals surface area contributed by atoms with Gasteiger partial charge < -0.3 is 25.3 Å². The molecule has 1 atom stereocenters. The Kier molecular flexibility index (Phi) is 7.79. The normalized spacial score (nSPS) is 22.1. The first-order chi connectivity index (χ1) is 16.8. The van der Waals surface area contributed by atoms with E-state index >= 15 is 0 Å². The molecule has 0 unspecified atom stereocenters. The number of aromatic amines is 1. The van der Waals surface area contributed by atoms with Crippen molar-refractivity contribution in [1.82, 2.24) is 20.5 Å². The van der Waals surface area contributed by atoms with Crippen LogP contribution in [-0.4, -0.2) is 66.5 Å². The van der Waals surface area contributed by atoms with Gasteiger partial charge in [-0.25, -0.2) is 0 Å². The Balaban J connectivity index is 1.50. The van der Waals surface area contributed by atoms with Crippen molar-refractivity contribution >= 4 is 28.6 Å². The minimum absolute atomic E-state index is 0.00301. The number of hydrogen-bond acceptors (Lipinski definition) is 4. The lowest BCUT2D eigenvalue weighted by molar-refractivity contribution is -0.137. The van der Waals surface area contributed by atoms with Crippen molar-refractivity contribution in [3.05, 3.63) is 35.0 Å². The van der Waals surface area contributed by atoms with Gasteiger partial charge in [-0.15, -0.1) is 0 Å². The quantitative estimate of drug-likeness (QED) is 0.612. The van der Waals surface area contributed by atoms with Crippen LogP contribution in [0.15, 0.2) is 18.2 Å². The Bertz CT molecular complexity index is 1080. The number of ether oxygens (including phenoxy) is 1. The fraction of sp³-hybridized carbons (Fsp3) is 0.593. The minimum atomic E-state index is -0.610. The van der Waals surface area contributed by atoms with Gasteiger partial charge in [0.1, 0.15) is 11.7 Å². The maximum Gasteiger partial charge on any atom is 0.270 e. The second-order valence-electron chi connectivity index (χ2n) is 10.0. The summed E-state index contributed by atoms with van der Waals surface area (Å²) in [5.74, 6) is -0.287. The molecule has 3 N–H and O–H groups in total. The Hall–Kier alpha value is -2.87. The molecule has 0 aliphatic carbocycles. The largest absolute Gasteiger partial charge is 0.380 e. The van der Waals surface area contributed by atoms with E-state index < -0.39 is 11.5 Å². The van der Waals surface area contributed by atoms with E-state index in [0.29, 0.717) is 51.4 Å². The molecule has 3 amide bonds. The third-order valence-corrected chi connectivity index (χ3v) is 7.60. The van der Waals surface area contributed by atoms with Gasteiger partial charge in [0.2, 0.25) is 11.8 Å². The fourth-order valence-electron chi connectivity index (χ4n) is 5.38. The molecular formula is C27H38N4O4. The number of nitrogens with one attached hydrogen (secondary N) is 3. The Morgan fingerprint density at radius 2 is 1.91 bits per heavy atom. The lowest BCUT2D eigenvalue weighted by atomic mass is 9.73. The first-order valence-electron chi connectivity index (χ1n) is 12.9. The molecule has 1 aromatic carbocycles. The zero-order valence-corrected chi connectivity index (χ0v) is 21.2. The van der Waals surface area contributed by atoms with E-state index in [2.05, 4.69) is 35.5 Å². The van der Waals surface area contributed by atoms with Crippen LogP contribution in [0.1, 0.15) is 67.6 Å². The summed E-state index contributed by atoms with van der Waals surface area (Å²) in [7, 11) is 0. The van der Waals surface area contributed by atoms with Crippen LogP contribution < -0.4 is 10.6 Å². The molecule has 0 bridgehead atoms. The highest BCUT2D eigenvalue weighted by Gasteiger charge is 2.43. The molecule has 2 fully saturated rings. The second-order valence-corrected chi connectivity index (χ2v) is 10.0. The third kappa shape index (κ3) is 5.37. The van der Waals surface area contributed by atoms with E-state index in [1.54, 1.807) is 6.92 Å². The number of piperidine rings is 1. The number of rotatable bonds is 2. The van der Waals surface area contributed by atoms with Crippen molar-refractivity contribution in [3.63, 3.8) is 0 Å². The van der Waals surface area contributed by atoms with Gasteiger partial charge >= 0.3 is 0 Å². The van der Waals surface area contributed by atoms with Gasteiger partial charge in [0, 0.05) is 37.1 Å². The minimum Gasteiger partial charge on any atom is -0.380 e. The molecule has 3 heterocycles. The fourth-order valence-corrected chi connectivity index (χ4v) is 5.38. The Labute approximate surface area is 207 Å². The van der Waals surface area contributed by atoms with Crippen LogP contribution in [0.25, 0.3) is 10.9 Å². The summed E-state index contributed by atoms with van der Waals surface area (Å²) in [5, 5.41) is 6.86. The summed E-state index contributed by atoms with van der Waals surface area (Å²) >= 11 is 0. The number of benzene rings is 1. The zero-order valence-electron chi connectivity index (χ0n) is 21.2. The molecule has 190 valence electrons. The molecule has 2 aliphatic heterocycles. The maximum absolute atomic E-state index is 13.6. The van der Waals surface area contributed by atoms with Crippen molar-refractivity contribution in [2.45, 2.75) is 65.3 Å². The number of nitrogens with zero attached hydrogens (tertiary/aromatic N) is 1. The summed E-state index contributed by atoms with van der Waals surface area (Å²) in [4.78, 5) is 44.5. The Morgan fingerprint density at radius 1 is 1.14 bits per heavy atom. The van der Waals surface area contributed by atoms with Crippen molar-refractivity contribution in [2.24, 2.45) is 5.41 Å². The number of likely N-dealkylation sites (tertiary alicyclic amines) is 1. The Morgan fingerprint density at radius 3 is 2.66 bits per heavy atom. The number of hydrogen-bond donors (Lipinski definition) is 3. The van der Waals surface area contributed by atoms with Crippen LogP contribution in [0.3, 0.4) is 0 Å². The van der Waals surface area contributed by atoms with E-state index in [1.165, 1.54) is 5.56 Å². The van der Waals surface area contributed by atoms with E-state index in [1.807, 2.05) is 17.0 Å². The van der Waals surface area contributed by atoms with E-state index in [4.69, 9.17) is 4.74 Å². The number of amides is 3. The predicted molar refractivity (Wildman–Crippen MR) is 135 cm³/mol. The molecule has 1 spiro atoms. The number of aryl methyl sites for hydroxylation is 2. The molecule has 0 saturated carbocycles. The van der Waals surface area contributed by atoms with Crippen LogP contribution in [0, 0.1) is 12.3 Å². The summed E-state index contributed by atoms with van der Waals surface area (Å²) in [6, 6.07) is 5.60. The van der Waals surface area contributed by atoms with Crippen LogP contribution in [0.4, 0.5) is 0 Å². The third-order valence-electron chi connectivity index (χ3n) is 7.60. The summed E-state index contributed by atoms with van der Waals surface area (Å²) in [6.45, 7) is 8.41. The number of fused-ring (bicyclic) bond motifs is 1. The van der Waals surface area contributed by atoms with Gasteiger partial charge in [-0.2, -0.15) is 0 Å². The van der Waals surface area contributed by atoms with Crippen LogP contribution in [0.2, 0.25) is 0 Å². The highest BCUT2D eigenvalue weighted by Crippen LogP contribution is 2.38. The summed E-state index contributed by atoms with van der Waals surface area (Å²) < 4.78 is 5.61. The first-order valence-corrected chi connectivity index (χ1v) is 12.9. The van der Waals surface area contributed by atoms with Gasteiger partial charge in [0.25, 0.3) is 5.91 Å². The molecule has 8 heteroatoms. The van der Waals surface area contributed by atoms with Gasteiger partial charge in [0.15, 0.2) is 0 Å². The number of aromatic nitrogens is 1. The zero-order chi connectivity index (χ0) is 25.0. The van der Waals surface area contributed by atoms with Crippen molar-refractivity contribution < 1.29 is 19.1 Å². The molecule has 1 aromatic heterocycles. The average molecular weight is 483 g/mol. The SMILES string of the molecule is CCc1c(C(=O)N2CCC3(CCCCOCCNC(=O)[C@H](C)NC3=O)CC2)[nH]c2ccc(C)cc12. The topological polar surface area (TPSA) is 104 Å². The lowest BCUT2D eigenvalue weighted by Gasteiger charge is -2.41.